The van der Waals surface area contributed by atoms with Gasteiger partial charge < -0.3 is 15.5 Å². The molecule has 0 radical (unpaired) electrons. The Bertz CT molecular complexity index is 1030. The highest BCUT2D eigenvalue weighted by Crippen LogP contribution is 2.36. The van der Waals surface area contributed by atoms with Crippen LogP contribution in [0.5, 0.6) is 0 Å². The van der Waals surface area contributed by atoms with E-state index in [0.717, 1.165) is 21.6 Å². The number of hydrogen-bond acceptors (Lipinski definition) is 7. The Labute approximate surface area is 172 Å². The van der Waals surface area contributed by atoms with Crippen molar-refractivity contribution < 1.29 is 4.42 Å². The molecule has 0 spiro atoms. The van der Waals surface area contributed by atoms with Gasteiger partial charge in [-0.05, 0) is 27.4 Å². The van der Waals surface area contributed by atoms with Crippen molar-refractivity contribution in [2.75, 3.05) is 5.32 Å². The average Bonchev–Trinajstić information content (AvgIpc) is 3.37. The van der Waals surface area contributed by atoms with E-state index in [9.17, 15) is 0 Å². The molecular formula is C17H16BrClN6OS. The molecule has 0 saturated heterocycles. The first kappa shape index (κ1) is 18.4. The molecular weight excluding hydrogens is 452 g/mol. The van der Waals surface area contributed by atoms with E-state index in [4.69, 9.17) is 21.8 Å². The van der Waals surface area contributed by atoms with Crippen LogP contribution < -0.4 is 11.1 Å². The van der Waals surface area contributed by atoms with E-state index >= 15 is 0 Å². The van der Waals surface area contributed by atoms with E-state index in [0.29, 0.717) is 35.6 Å². The van der Waals surface area contributed by atoms with Gasteiger partial charge in [-0.3, -0.25) is 0 Å². The number of thiophene rings is 1. The van der Waals surface area contributed by atoms with Gasteiger partial charge in [0.05, 0.1) is 22.1 Å². The van der Waals surface area contributed by atoms with Gasteiger partial charge >= 0.3 is 0 Å². The lowest BCUT2D eigenvalue weighted by Crippen LogP contribution is -2.25. The minimum Gasteiger partial charge on any atom is -0.456 e. The molecule has 140 valence electrons. The lowest BCUT2D eigenvalue weighted by atomic mass is 10.1. The number of pyridine rings is 1. The highest BCUT2D eigenvalue weighted by molar-refractivity contribution is 9.10. The number of H-pyrrole nitrogens is 1. The van der Waals surface area contributed by atoms with E-state index in [1.165, 1.54) is 4.88 Å². The molecule has 4 N–H and O–H groups in total. The van der Waals surface area contributed by atoms with E-state index < -0.39 is 0 Å². The molecule has 4 heterocycles. The summed E-state index contributed by atoms with van der Waals surface area (Å²) >= 11 is 11.5. The predicted molar refractivity (Wildman–Crippen MR) is 110 cm³/mol. The summed E-state index contributed by atoms with van der Waals surface area (Å²) in [6.45, 7) is 0.687. The fourth-order valence-corrected chi connectivity index (χ4v) is 4.16. The maximum absolute atomic E-state index is 6.26. The second-order valence-corrected chi connectivity index (χ2v) is 8.28. The molecule has 0 aliphatic heterocycles. The number of fused-ring (bicyclic) bond motifs is 1. The SMILES string of the molecule is N[C@@H](Cc1cn[nH]n1)Cc1oc2c(NCc3cccs3)cc(Cl)nc2c1Br. The van der Waals surface area contributed by atoms with Crippen LogP contribution in [0.2, 0.25) is 5.15 Å². The van der Waals surface area contributed by atoms with Crippen LogP contribution in [0.4, 0.5) is 5.69 Å². The third kappa shape index (κ3) is 4.16. The van der Waals surface area contributed by atoms with Crippen molar-refractivity contribution in [2.24, 2.45) is 5.73 Å². The van der Waals surface area contributed by atoms with Gasteiger partial charge in [0.1, 0.15) is 16.4 Å². The molecule has 27 heavy (non-hydrogen) atoms. The van der Waals surface area contributed by atoms with Crippen LogP contribution in [0.3, 0.4) is 0 Å². The third-order valence-electron chi connectivity index (χ3n) is 4.04. The molecule has 7 nitrogen and oxygen atoms in total. The van der Waals surface area contributed by atoms with E-state index in [1.54, 1.807) is 23.6 Å². The number of nitrogens with two attached hydrogens (primary N) is 1. The quantitative estimate of drug-likeness (QED) is 0.353. The summed E-state index contributed by atoms with van der Waals surface area (Å²) in [5.74, 6) is 0.731. The van der Waals surface area contributed by atoms with Gasteiger partial charge in [0.15, 0.2) is 5.58 Å². The number of rotatable bonds is 7. The summed E-state index contributed by atoms with van der Waals surface area (Å²) in [4.78, 5) is 5.62. The van der Waals surface area contributed by atoms with Gasteiger partial charge in [0.2, 0.25) is 0 Å². The smallest absolute Gasteiger partial charge is 0.177 e. The van der Waals surface area contributed by atoms with Gasteiger partial charge in [0.25, 0.3) is 0 Å². The second kappa shape index (κ2) is 7.97. The molecule has 0 aliphatic carbocycles. The summed E-state index contributed by atoms with van der Waals surface area (Å²) in [7, 11) is 0. The Morgan fingerprint density at radius 1 is 1.41 bits per heavy atom. The van der Waals surface area contributed by atoms with Gasteiger partial charge in [-0.25, -0.2) is 4.98 Å². The minimum absolute atomic E-state index is 0.162. The van der Waals surface area contributed by atoms with Gasteiger partial charge in [-0.1, -0.05) is 17.7 Å². The molecule has 0 saturated carbocycles. The molecule has 10 heteroatoms. The largest absolute Gasteiger partial charge is 0.456 e. The van der Waals surface area contributed by atoms with Crippen LogP contribution in [0.15, 0.2) is 38.7 Å². The summed E-state index contributed by atoms with van der Waals surface area (Å²) in [6, 6.07) is 5.70. The van der Waals surface area contributed by atoms with Crippen molar-refractivity contribution in [3.63, 3.8) is 0 Å². The first-order valence-electron chi connectivity index (χ1n) is 8.24. The van der Waals surface area contributed by atoms with Crippen LogP contribution in [-0.2, 0) is 19.4 Å². The van der Waals surface area contributed by atoms with Crippen molar-refractivity contribution in [2.45, 2.75) is 25.4 Å². The average molecular weight is 468 g/mol. The molecule has 0 aromatic carbocycles. The zero-order chi connectivity index (χ0) is 18.8. The lowest BCUT2D eigenvalue weighted by molar-refractivity contribution is 0.508. The number of nitrogens with one attached hydrogen (secondary N) is 2. The molecule has 0 unspecified atom stereocenters. The summed E-state index contributed by atoms with van der Waals surface area (Å²) in [5.41, 5.74) is 9.21. The maximum atomic E-state index is 6.26. The molecule has 1 atom stereocenters. The van der Waals surface area contributed by atoms with Crippen LogP contribution in [0.1, 0.15) is 16.3 Å². The minimum atomic E-state index is -0.162. The number of hydrogen-bond donors (Lipinski definition) is 3. The fourth-order valence-electron chi connectivity index (χ4n) is 2.81. The van der Waals surface area contributed by atoms with Crippen molar-refractivity contribution in [3.8, 4) is 0 Å². The van der Waals surface area contributed by atoms with E-state index in [1.807, 2.05) is 11.4 Å². The lowest BCUT2D eigenvalue weighted by Gasteiger charge is -2.07. The zero-order valence-corrected chi connectivity index (χ0v) is 17.2. The first-order chi connectivity index (χ1) is 13.1. The molecule has 0 amide bonds. The number of nitrogens with zero attached hydrogens (tertiary/aromatic N) is 3. The Morgan fingerprint density at radius 3 is 3.04 bits per heavy atom. The number of aromatic amines is 1. The van der Waals surface area contributed by atoms with Gasteiger partial charge in [0, 0.05) is 36.4 Å². The molecule has 4 rings (SSSR count). The van der Waals surface area contributed by atoms with E-state index in [-0.39, 0.29) is 6.04 Å². The molecule has 0 aliphatic rings. The topological polar surface area (TPSA) is 106 Å². The highest BCUT2D eigenvalue weighted by atomic mass is 79.9. The van der Waals surface area contributed by atoms with Crippen LogP contribution >= 0.6 is 38.9 Å². The predicted octanol–water partition coefficient (Wildman–Crippen LogP) is 4.15. The Balaban J connectivity index is 1.58. The van der Waals surface area contributed by atoms with Crippen LogP contribution in [0, 0.1) is 0 Å². The Kier molecular flexibility index (Phi) is 5.44. The van der Waals surface area contributed by atoms with Gasteiger partial charge in [-0.2, -0.15) is 15.4 Å². The summed E-state index contributed by atoms with van der Waals surface area (Å²) < 4.78 is 6.87. The maximum Gasteiger partial charge on any atom is 0.177 e. The normalized spacial score (nSPS) is 12.6. The number of anilines is 1. The van der Waals surface area contributed by atoms with Crippen molar-refractivity contribution >= 4 is 55.7 Å². The molecule has 4 aromatic heterocycles. The number of halogens is 2. The first-order valence-corrected chi connectivity index (χ1v) is 10.3. The molecule has 4 aromatic rings. The summed E-state index contributed by atoms with van der Waals surface area (Å²) in [5, 5.41) is 16.3. The zero-order valence-electron chi connectivity index (χ0n) is 14.1. The molecule has 0 fully saturated rings. The van der Waals surface area contributed by atoms with E-state index in [2.05, 4.69) is 47.7 Å². The second-order valence-electron chi connectivity index (χ2n) is 6.07. The van der Waals surface area contributed by atoms with Crippen molar-refractivity contribution in [1.82, 2.24) is 20.4 Å². The Morgan fingerprint density at radius 2 is 2.30 bits per heavy atom. The number of aromatic nitrogens is 4. The monoisotopic (exact) mass is 466 g/mol. The van der Waals surface area contributed by atoms with Crippen LogP contribution in [-0.4, -0.2) is 26.4 Å². The standard InChI is InChI=1S/C17H16BrClN6OS/c18-15-13(5-9(20)4-10-7-22-25-24-10)26-17-12(6-14(19)23-16(15)17)21-8-11-2-1-3-27-11/h1-3,6-7,9H,4-5,8,20H2,(H,21,23)(H,22,24,25)/t9-/m0/s1. The van der Waals surface area contributed by atoms with Crippen LogP contribution in [0.25, 0.3) is 11.1 Å². The number of furan rings is 1. The fraction of sp³-hybridized carbons (Fsp3) is 0.235. The summed E-state index contributed by atoms with van der Waals surface area (Å²) in [6.07, 6.45) is 2.80. The van der Waals surface area contributed by atoms with Crippen molar-refractivity contribution in [1.29, 1.82) is 0 Å². The molecule has 0 bridgehead atoms. The Hall–Kier alpha value is -1.94. The highest BCUT2D eigenvalue weighted by Gasteiger charge is 2.20. The third-order valence-corrected chi connectivity index (χ3v) is 5.92. The van der Waals surface area contributed by atoms with Gasteiger partial charge in [-0.15, -0.1) is 11.3 Å². The van der Waals surface area contributed by atoms with Crippen molar-refractivity contribution in [3.05, 3.63) is 55.7 Å².